The number of aromatic nitrogens is 1. The van der Waals surface area contributed by atoms with Gasteiger partial charge in [0.05, 0.1) is 0 Å². The van der Waals surface area contributed by atoms with Crippen molar-refractivity contribution < 1.29 is 0 Å². The number of pyridine rings is 1. The van der Waals surface area contributed by atoms with Crippen molar-refractivity contribution in [2.75, 3.05) is 11.9 Å². The van der Waals surface area contributed by atoms with Crippen LogP contribution in [0.3, 0.4) is 0 Å². The molecule has 4 nitrogen and oxygen atoms in total. The first-order valence-electron chi connectivity index (χ1n) is 8.31. The summed E-state index contributed by atoms with van der Waals surface area (Å²) in [7, 11) is 0. The zero-order valence-electron chi connectivity index (χ0n) is 13.7. The fourth-order valence-corrected chi connectivity index (χ4v) is 3.16. The van der Waals surface area contributed by atoms with Gasteiger partial charge in [-0.3, -0.25) is 9.98 Å². The van der Waals surface area contributed by atoms with Gasteiger partial charge in [-0.25, -0.2) is 0 Å². The molecular weight excluding hydrogens is 284 g/mol. The number of rotatable bonds is 4. The molecule has 0 fully saturated rings. The summed E-state index contributed by atoms with van der Waals surface area (Å²) in [6.07, 6.45) is 9.42. The summed E-state index contributed by atoms with van der Waals surface area (Å²) in [6.45, 7) is 2.75. The number of aliphatic imine (C=N–C) groups is 1. The van der Waals surface area contributed by atoms with Crippen LogP contribution in [0.4, 0.5) is 5.69 Å². The van der Waals surface area contributed by atoms with E-state index in [0.717, 1.165) is 18.5 Å². The average Bonchev–Trinajstić information content (AvgIpc) is 2.57. The third-order valence-electron chi connectivity index (χ3n) is 4.46. The van der Waals surface area contributed by atoms with E-state index in [0.29, 0.717) is 12.5 Å². The Labute approximate surface area is 137 Å². The first kappa shape index (κ1) is 15.5. The topological polar surface area (TPSA) is 63.3 Å². The van der Waals surface area contributed by atoms with E-state index in [1.54, 1.807) is 0 Å². The van der Waals surface area contributed by atoms with E-state index in [1.807, 2.05) is 18.5 Å². The highest BCUT2D eigenvalue weighted by Gasteiger charge is 2.13. The van der Waals surface area contributed by atoms with Crippen LogP contribution >= 0.6 is 0 Å². The molecule has 1 aromatic carbocycles. The Bertz CT molecular complexity index is 706. The molecule has 0 radical (unpaired) electrons. The molecule has 23 heavy (non-hydrogen) atoms. The normalized spacial score (nSPS) is 14.4. The molecule has 1 aromatic heterocycles. The number of hydrogen-bond acceptors (Lipinski definition) is 2. The molecule has 3 rings (SSSR count). The van der Waals surface area contributed by atoms with Gasteiger partial charge in [-0.15, -0.1) is 0 Å². The molecule has 1 heterocycles. The lowest BCUT2D eigenvalue weighted by atomic mass is 9.90. The lowest BCUT2D eigenvalue weighted by Gasteiger charge is -2.19. The molecule has 4 heteroatoms. The number of nitrogens with one attached hydrogen (secondary N) is 1. The van der Waals surface area contributed by atoms with Crippen LogP contribution in [0.25, 0.3) is 0 Å². The van der Waals surface area contributed by atoms with Gasteiger partial charge in [0.25, 0.3) is 0 Å². The van der Waals surface area contributed by atoms with Crippen LogP contribution in [-0.2, 0) is 19.3 Å². The van der Waals surface area contributed by atoms with Gasteiger partial charge in [0.15, 0.2) is 5.96 Å². The maximum absolute atomic E-state index is 6.07. The summed E-state index contributed by atoms with van der Waals surface area (Å²) in [5.74, 6) is 0.496. The van der Waals surface area contributed by atoms with E-state index < -0.39 is 0 Å². The number of benzene rings is 1. The minimum absolute atomic E-state index is 0.496. The van der Waals surface area contributed by atoms with Crippen molar-refractivity contribution in [3.63, 3.8) is 0 Å². The van der Waals surface area contributed by atoms with Gasteiger partial charge in [0, 0.05) is 24.6 Å². The van der Waals surface area contributed by atoms with Crippen LogP contribution < -0.4 is 11.1 Å². The molecule has 0 saturated carbocycles. The molecule has 0 saturated heterocycles. The van der Waals surface area contributed by atoms with Crippen molar-refractivity contribution in [1.29, 1.82) is 0 Å². The summed E-state index contributed by atoms with van der Waals surface area (Å²) < 4.78 is 0. The third kappa shape index (κ3) is 3.89. The zero-order chi connectivity index (χ0) is 16.1. The largest absolute Gasteiger partial charge is 0.370 e. The van der Waals surface area contributed by atoms with Crippen molar-refractivity contribution in [2.24, 2.45) is 10.7 Å². The highest BCUT2D eigenvalue weighted by Crippen LogP contribution is 2.27. The fraction of sp³-hybridized carbons (Fsp3) is 0.368. The lowest BCUT2D eigenvalue weighted by Crippen LogP contribution is -2.24. The van der Waals surface area contributed by atoms with E-state index in [2.05, 4.69) is 40.4 Å². The Morgan fingerprint density at radius 2 is 2.13 bits per heavy atom. The molecule has 0 unspecified atom stereocenters. The molecule has 2 aromatic rings. The third-order valence-corrected chi connectivity index (χ3v) is 4.46. The summed E-state index contributed by atoms with van der Waals surface area (Å²) in [5, 5.41) is 3.29. The first-order valence-corrected chi connectivity index (χ1v) is 8.31. The van der Waals surface area contributed by atoms with Gasteiger partial charge in [-0.05, 0) is 73.4 Å². The van der Waals surface area contributed by atoms with E-state index in [-0.39, 0.29) is 0 Å². The highest BCUT2D eigenvalue weighted by molar-refractivity contribution is 5.93. The van der Waals surface area contributed by atoms with Crippen LogP contribution in [0.5, 0.6) is 0 Å². The Kier molecular flexibility index (Phi) is 4.91. The van der Waals surface area contributed by atoms with Crippen LogP contribution in [0.2, 0.25) is 0 Å². The van der Waals surface area contributed by atoms with Gasteiger partial charge < -0.3 is 11.1 Å². The number of nitrogens with two attached hydrogens (primary N) is 1. The number of nitrogens with zero attached hydrogens (tertiary/aromatic N) is 2. The van der Waals surface area contributed by atoms with Crippen molar-refractivity contribution in [3.05, 3.63) is 58.9 Å². The number of anilines is 1. The number of aryl methyl sites for hydroxylation is 2. The van der Waals surface area contributed by atoms with Crippen LogP contribution in [-0.4, -0.2) is 17.5 Å². The Balaban J connectivity index is 1.63. The van der Waals surface area contributed by atoms with Crippen molar-refractivity contribution >= 4 is 11.6 Å². The minimum atomic E-state index is 0.496. The summed E-state index contributed by atoms with van der Waals surface area (Å²) in [5.41, 5.74) is 12.5. The Morgan fingerprint density at radius 3 is 3.00 bits per heavy atom. The molecular formula is C19H24N4. The van der Waals surface area contributed by atoms with Crippen molar-refractivity contribution in [2.45, 2.75) is 39.0 Å². The minimum Gasteiger partial charge on any atom is -0.370 e. The van der Waals surface area contributed by atoms with Crippen molar-refractivity contribution in [1.82, 2.24) is 4.98 Å². The van der Waals surface area contributed by atoms with Gasteiger partial charge in [0.1, 0.15) is 0 Å². The van der Waals surface area contributed by atoms with Crippen LogP contribution in [0.1, 0.15) is 35.1 Å². The number of fused-ring (bicyclic) bond motifs is 1. The SMILES string of the molecule is Cc1cnccc1CCN=C(N)Nc1cccc2c1CCCC2. The Morgan fingerprint density at radius 1 is 1.26 bits per heavy atom. The lowest BCUT2D eigenvalue weighted by molar-refractivity contribution is 0.687. The predicted molar refractivity (Wildman–Crippen MR) is 95.9 cm³/mol. The fourth-order valence-electron chi connectivity index (χ4n) is 3.16. The molecule has 120 valence electrons. The number of guanidine groups is 1. The second kappa shape index (κ2) is 7.27. The molecule has 3 N–H and O–H groups in total. The molecule has 0 bridgehead atoms. The molecule has 0 atom stereocenters. The van der Waals surface area contributed by atoms with Crippen LogP contribution in [0.15, 0.2) is 41.7 Å². The smallest absolute Gasteiger partial charge is 0.193 e. The summed E-state index contributed by atoms with van der Waals surface area (Å²) >= 11 is 0. The van der Waals surface area contributed by atoms with Gasteiger partial charge >= 0.3 is 0 Å². The zero-order valence-corrected chi connectivity index (χ0v) is 13.7. The molecule has 1 aliphatic rings. The standard InChI is InChI=1S/C19H24N4/c1-14-13-21-11-9-15(14)10-12-22-19(20)23-18-8-4-6-16-5-2-3-7-17(16)18/h4,6,8-9,11,13H,2-3,5,7,10,12H2,1H3,(H3,20,22,23). The summed E-state index contributed by atoms with van der Waals surface area (Å²) in [6, 6.07) is 8.46. The van der Waals surface area contributed by atoms with E-state index in [4.69, 9.17) is 5.73 Å². The quantitative estimate of drug-likeness (QED) is 0.673. The van der Waals surface area contributed by atoms with E-state index >= 15 is 0 Å². The van der Waals surface area contributed by atoms with Gasteiger partial charge in [0.2, 0.25) is 0 Å². The molecule has 1 aliphatic carbocycles. The second-order valence-electron chi connectivity index (χ2n) is 6.09. The summed E-state index contributed by atoms with van der Waals surface area (Å²) in [4.78, 5) is 8.58. The van der Waals surface area contributed by atoms with Gasteiger partial charge in [-0.2, -0.15) is 0 Å². The molecule has 0 amide bonds. The predicted octanol–water partition coefficient (Wildman–Crippen LogP) is 3.24. The first-order chi connectivity index (χ1) is 11.2. The molecule has 0 spiro atoms. The monoisotopic (exact) mass is 308 g/mol. The maximum atomic E-state index is 6.07. The highest BCUT2D eigenvalue weighted by atomic mass is 15.1. The van der Waals surface area contributed by atoms with Crippen LogP contribution in [0, 0.1) is 6.92 Å². The second-order valence-corrected chi connectivity index (χ2v) is 6.09. The van der Waals surface area contributed by atoms with E-state index in [1.165, 1.54) is 41.5 Å². The van der Waals surface area contributed by atoms with Gasteiger partial charge in [-0.1, -0.05) is 12.1 Å². The molecule has 0 aliphatic heterocycles. The average molecular weight is 308 g/mol. The number of hydrogen-bond donors (Lipinski definition) is 2. The van der Waals surface area contributed by atoms with E-state index in [9.17, 15) is 0 Å². The Hall–Kier alpha value is -2.36. The van der Waals surface area contributed by atoms with Crippen molar-refractivity contribution in [3.8, 4) is 0 Å². The maximum Gasteiger partial charge on any atom is 0.193 e.